The molecule has 1 N–H and O–H groups in total. The predicted molar refractivity (Wildman–Crippen MR) is 67.4 cm³/mol. The van der Waals surface area contributed by atoms with E-state index in [1.165, 1.54) is 0 Å². The lowest BCUT2D eigenvalue weighted by molar-refractivity contribution is 0.415. The van der Waals surface area contributed by atoms with Crippen LogP contribution in [0.25, 0.3) is 11.5 Å². The maximum absolute atomic E-state index is 5.63. The van der Waals surface area contributed by atoms with E-state index >= 15 is 0 Å². The summed E-state index contributed by atoms with van der Waals surface area (Å²) in [5.41, 5.74) is 0.960. The smallest absolute Gasteiger partial charge is 0.248 e. The molecule has 2 heterocycles. The highest BCUT2D eigenvalue weighted by atomic mass is 79.9. The van der Waals surface area contributed by atoms with Crippen molar-refractivity contribution in [2.75, 3.05) is 7.05 Å². The summed E-state index contributed by atoms with van der Waals surface area (Å²) in [4.78, 5) is 0. The van der Waals surface area contributed by atoms with Crippen molar-refractivity contribution >= 4 is 27.3 Å². The first-order valence-electron chi connectivity index (χ1n) is 4.99. The fourth-order valence-corrected chi connectivity index (χ4v) is 2.55. The molecule has 2 rings (SSSR count). The van der Waals surface area contributed by atoms with Crippen LogP contribution in [0.4, 0.5) is 0 Å². The van der Waals surface area contributed by atoms with E-state index in [9.17, 15) is 0 Å². The fourth-order valence-electron chi connectivity index (χ4n) is 1.42. The molecule has 0 saturated heterocycles. The molecule has 0 fully saturated rings. The van der Waals surface area contributed by atoms with Crippen LogP contribution in [0, 0.1) is 0 Å². The van der Waals surface area contributed by atoms with Gasteiger partial charge in [0.05, 0.1) is 15.4 Å². The summed E-state index contributed by atoms with van der Waals surface area (Å²) < 4.78 is 6.69. The van der Waals surface area contributed by atoms with Gasteiger partial charge in [-0.25, -0.2) is 0 Å². The van der Waals surface area contributed by atoms with Gasteiger partial charge in [-0.2, -0.15) is 0 Å². The van der Waals surface area contributed by atoms with Crippen LogP contribution in [0.15, 0.2) is 19.6 Å². The number of nitrogens with zero attached hydrogens (tertiary/aromatic N) is 2. The first-order chi connectivity index (χ1) is 7.74. The van der Waals surface area contributed by atoms with Crippen molar-refractivity contribution < 1.29 is 4.42 Å². The number of halogens is 1. The highest BCUT2D eigenvalue weighted by molar-refractivity contribution is 9.11. The van der Waals surface area contributed by atoms with Gasteiger partial charge in [-0.05, 0) is 35.5 Å². The maximum Gasteiger partial charge on any atom is 0.248 e. The second kappa shape index (κ2) is 5.07. The van der Waals surface area contributed by atoms with E-state index in [-0.39, 0.29) is 6.04 Å². The van der Waals surface area contributed by atoms with Gasteiger partial charge >= 0.3 is 0 Å². The molecule has 0 radical (unpaired) electrons. The molecule has 0 aliphatic heterocycles. The molecule has 0 saturated carbocycles. The van der Waals surface area contributed by atoms with Crippen molar-refractivity contribution in [2.24, 2.45) is 0 Å². The van der Waals surface area contributed by atoms with Gasteiger partial charge in [-0.15, -0.1) is 21.5 Å². The summed E-state index contributed by atoms with van der Waals surface area (Å²) in [5, 5.41) is 13.2. The van der Waals surface area contributed by atoms with E-state index in [0.29, 0.717) is 11.8 Å². The van der Waals surface area contributed by atoms with Gasteiger partial charge in [0.25, 0.3) is 0 Å². The lowest BCUT2D eigenvalue weighted by Gasteiger charge is -2.06. The van der Waals surface area contributed by atoms with Crippen molar-refractivity contribution in [3.63, 3.8) is 0 Å². The highest BCUT2D eigenvalue weighted by Gasteiger charge is 2.16. The first-order valence-corrected chi connectivity index (χ1v) is 6.67. The minimum atomic E-state index is 0.128. The number of nitrogens with one attached hydrogen (secondary N) is 1. The molecule has 0 aliphatic carbocycles. The molecule has 0 aliphatic rings. The first kappa shape index (κ1) is 11.8. The Bertz CT molecular complexity index is 464. The van der Waals surface area contributed by atoms with Crippen LogP contribution in [0.5, 0.6) is 0 Å². The van der Waals surface area contributed by atoms with Crippen molar-refractivity contribution in [3.8, 4) is 11.5 Å². The van der Waals surface area contributed by atoms with E-state index in [2.05, 4.69) is 38.4 Å². The van der Waals surface area contributed by atoms with E-state index in [0.717, 1.165) is 15.8 Å². The number of hydrogen-bond donors (Lipinski definition) is 1. The molecule has 2 aromatic heterocycles. The van der Waals surface area contributed by atoms with Crippen LogP contribution >= 0.6 is 27.3 Å². The van der Waals surface area contributed by atoms with Gasteiger partial charge < -0.3 is 9.73 Å². The van der Waals surface area contributed by atoms with Gasteiger partial charge in [0.1, 0.15) is 0 Å². The summed E-state index contributed by atoms with van der Waals surface area (Å²) >= 11 is 5.01. The third kappa shape index (κ3) is 2.34. The Morgan fingerprint density at radius 1 is 1.56 bits per heavy atom. The topological polar surface area (TPSA) is 51.0 Å². The number of rotatable bonds is 4. The molecule has 0 amide bonds. The van der Waals surface area contributed by atoms with E-state index in [4.69, 9.17) is 4.42 Å². The van der Waals surface area contributed by atoms with Crippen LogP contribution in [-0.2, 0) is 0 Å². The minimum absolute atomic E-state index is 0.128. The van der Waals surface area contributed by atoms with Crippen LogP contribution < -0.4 is 5.32 Å². The van der Waals surface area contributed by atoms with E-state index < -0.39 is 0 Å². The average molecular weight is 302 g/mol. The molecule has 1 atom stereocenters. The number of aromatic nitrogens is 2. The van der Waals surface area contributed by atoms with Crippen molar-refractivity contribution in [2.45, 2.75) is 19.4 Å². The Morgan fingerprint density at radius 2 is 2.38 bits per heavy atom. The Hall–Kier alpha value is -0.720. The average Bonchev–Trinajstić information content (AvgIpc) is 2.89. The quantitative estimate of drug-likeness (QED) is 0.942. The van der Waals surface area contributed by atoms with E-state index in [1.54, 1.807) is 11.3 Å². The lowest BCUT2D eigenvalue weighted by atomic mass is 10.2. The van der Waals surface area contributed by atoms with Crippen LogP contribution in [0.1, 0.15) is 25.3 Å². The second-order valence-electron chi connectivity index (χ2n) is 3.33. The third-order valence-electron chi connectivity index (χ3n) is 2.31. The maximum atomic E-state index is 5.63. The van der Waals surface area contributed by atoms with Gasteiger partial charge in [-0.1, -0.05) is 6.92 Å². The van der Waals surface area contributed by atoms with Gasteiger partial charge in [0, 0.05) is 5.38 Å². The largest absolute Gasteiger partial charge is 0.419 e. The molecule has 2 aromatic rings. The summed E-state index contributed by atoms with van der Waals surface area (Å²) in [6.45, 7) is 2.08. The van der Waals surface area contributed by atoms with Gasteiger partial charge in [-0.3, -0.25) is 0 Å². The highest BCUT2D eigenvalue weighted by Crippen LogP contribution is 2.29. The standard InChI is InChI=1S/C10H12BrN3OS/c1-3-7(12-2)10-14-13-9(15-10)6-4-8(11)16-5-6/h4-5,7,12H,3H2,1-2H3. The molecule has 16 heavy (non-hydrogen) atoms. The molecule has 0 aromatic carbocycles. The summed E-state index contributed by atoms with van der Waals surface area (Å²) in [5.74, 6) is 1.22. The summed E-state index contributed by atoms with van der Waals surface area (Å²) in [6, 6.07) is 2.10. The summed E-state index contributed by atoms with van der Waals surface area (Å²) in [7, 11) is 1.89. The molecule has 0 bridgehead atoms. The van der Waals surface area contributed by atoms with E-state index in [1.807, 2.05) is 18.5 Å². The van der Waals surface area contributed by atoms with Crippen LogP contribution in [0.2, 0.25) is 0 Å². The molecule has 0 spiro atoms. The number of hydrogen-bond acceptors (Lipinski definition) is 5. The Kier molecular flexibility index (Phi) is 3.73. The monoisotopic (exact) mass is 301 g/mol. The Balaban J connectivity index is 2.25. The Morgan fingerprint density at radius 3 is 2.94 bits per heavy atom. The predicted octanol–water partition coefficient (Wildman–Crippen LogP) is 3.23. The van der Waals surface area contributed by atoms with Gasteiger partial charge in [0.2, 0.25) is 11.8 Å². The normalized spacial score (nSPS) is 12.9. The second-order valence-corrected chi connectivity index (χ2v) is 5.62. The third-order valence-corrected chi connectivity index (χ3v) is 3.81. The van der Waals surface area contributed by atoms with Gasteiger partial charge in [0.15, 0.2) is 0 Å². The zero-order chi connectivity index (χ0) is 11.5. The number of thiophene rings is 1. The zero-order valence-electron chi connectivity index (χ0n) is 9.03. The van der Waals surface area contributed by atoms with Crippen molar-refractivity contribution in [1.82, 2.24) is 15.5 Å². The molecular formula is C10H12BrN3OS. The van der Waals surface area contributed by atoms with Crippen molar-refractivity contribution in [3.05, 3.63) is 21.1 Å². The zero-order valence-corrected chi connectivity index (χ0v) is 11.4. The van der Waals surface area contributed by atoms with Crippen LogP contribution in [0.3, 0.4) is 0 Å². The molecule has 6 heteroatoms. The molecular weight excluding hydrogens is 290 g/mol. The SMILES string of the molecule is CCC(NC)c1nnc(-c2csc(Br)c2)o1. The Labute approximate surface area is 106 Å². The van der Waals surface area contributed by atoms with Crippen molar-refractivity contribution in [1.29, 1.82) is 0 Å². The molecule has 86 valence electrons. The minimum Gasteiger partial charge on any atom is -0.419 e. The summed E-state index contributed by atoms with van der Waals surface area (Å²) in [6.07, 6.45) is 0.922. The van der Waals surface area contributed by atoms with Crippen LogP contribution in [-0.4, -0.2) is 17.2 Å². The fraction of sp³-hybridized carbons (Fsp3) is 0.400. The molecule has 4 nitrogen and oxygen atoms in total. The molecule has 1 unspecified atom stereocenters. The lowest BCUT2D eigenvalue weighted by Crippen LogP contribution is -2.15.